The second-order valence-electron chi connectivity index (χ2n) is 5.38. The molecule has 2 rings (SSSR count). The molecule has 1 aliphatic rings. The van der Waals surface area contributed by atoms with Crippen LogP contribution in [-0.4, -0.2) is 36.5 Å². The number of piperidine rings is 1. The fourth-order valence-corrected chi connectivity index (χ4v) is 2.65. The first-order valence-corrected chi connectivity index (χ1v) is 7.25. The third kappa shape index (κ3) is 5.19. The van der Waals surface area contributed by atoms with Crippen molar-refractivity contribution >= 4 is 18.3 Å². The van der Waals surface area contributed by atoms with Crippen molar-refractivity contribution in [3.8, 4) is 0 Å². The van der Waals surface area contributed by atoms with Gasteiger partial charge in [-0.3, -0.25) is 9.69 Å². The lowest BCUT2D eigenvalue weighted by atomic mass is 10.0. The largest absolute Gasteiger partial charge is 0.352 e. The number of nitrogens with zero attached hydrogens (tertiary/aromatic N) is 1. The average molecular weight is 334 g/mol. The Morgan fingerprint density at radius 3 is 2.68 bits per heavy atom. The van der Waals surface area contributed by atoms with Gasteiger partial charge in [0, 0.05) is 37.7 Å². The van der Waals surface area contributed by atoms with Gasteiger partial charge in [0.25, 0.3) is 0 Å². The first kappa shape index (κ1) is 18.8. The molecule has 1 aliphatic heterocycles. The minimum atomic E-state index is -0.524. The molecule has 3 N–H and O–H groups in total. The number of amides is 1. The lowest BCUT2D eigenvalue weighted by Gasteiger charge is -2.33. The summed E-state index contributed by atoms with van der Waals surface area (Å²) >= 11 is 0. The van der Waals surface area contributed by atoms with Crippen molar-refractivity contribution in [1.82, 2.24) is 10.2 Å². The van der Waals surface area contributed by atoms with Gasteiger partial charge in [0.15, 0.2) is 0 Å². The van der Waals surface area contributed by atoms with Crippen LogP contribution < -0.4 is 11.1 Å². The van der Waals surface area contributed by atoms with E-state index >= 15 is 0 Å². The lowest BCUT2D eigenvalue weighted by molar-refractivity contribution is -0.122. The lowest BCUT2D eigenvalue weighted by Crippen LogP contribution is -2.47. The third-order valence-electron chi connectivity index (χ3n) is 3.69. The predicted octanol–water partition coefficient (Wildman–Crippen LogP) is 1.82. The maximum absolute atomic E-state index is 13.7. The molecule has 0 bridgehead atoms. The Morgan fingerprint density at radius 2 is 2.05 bits per heavy atom. The molecule has 1 amide bonds. The summed E-state index contributed by atoms with van der Waals surface area (Å²) in [5.74, 6) is -1.12. The second-order valence-corrected chi connectivity index (χ2v) is 5.38. The second kappa shape index (κ2) is 9.02. The van der Waals surface area contributed by atoms with Crippen LogP contribution in [0.25, 0.3) is 0 Å². The fourth-order valence-electron chi connectivity index (χ4n) is 2.65. The Bertz CT molecular complexity index is 481. The number of nitrogens with one attached hydrogen (secondary N) is 1. The number of benzene rings is 1. The van der Waals surface area contributed by atoms with Gasteiger partial charge in [-0.25, -0.2) is 8.78 Å². The van der Waals surface area contributed by atoms with Crippen LogP contribution in [0.3, 0.4) is 0 Å². The molecule has 0 aromatic heterocycles. The van der Waals surface area contributed by atoms with Crippen molar-refractivity contribution in [1.29, 1.82) is 0 Å². The Labute approximate surface area is 135 Å². The number of hydrogen-bond acceptors (Lipinski definition) is 3. The number of rotatable bonds is 5. The smallest absolute Gasteiger partial charge is 0.221 e. The van der Waals surface area contributed by atoms with E-state index in [1.54, 1.807) is 0 Å². The van der Waals surface area contributed by atoms with Gasteiger partial charge in [-0.05, 0) is 31.5 Å². The zero-order chi connectivity index (χ0) is 15.2. The van der Waals surface area contributed by atoms with Crippen LogP contribution in [0.15, 0.2) is 18.2 Å². The molecular weight excluding hydrogens is 312 g/mol. The molecule has 7 heteroatoms. The Hall–Kier alpha value is -1.24. The van der Waals surface area contributed by atoms with Gasteiger partial charge < -0.3 is 11.1 Å². The molecule has 0 aliphatic carbocycles. The van der Waals surface area contributed by atoms with Gasteiger partial charge >= 0.3 is 0 Å². The first-order valence-electron chi connectivity index (χ1n) is 7.25. The molecule has 1 heterocycles. The third-order valence-corrected chi connectivity index (χ3v) is 3.69. The average Bonchev–Trinajstić information content (AvgIpc) is 2.44. The summed E-state index contributed by atoms with van der Waals surface area (Å²) in [5.41, 5.74) is 5.43. The standard InChI is InChI=1S/C15H21F2N3O.ClH/c16-13-4-1-5-14(17)12(13)10-20-8-2-3-11(9-20)19-15(21)6-7-18;/h1,4-5,11H,2-3,6-10,18H2,(H,19,21);1H. The number of nitrogens with two attached hydrogens (primary N) is 1. The molecule has 0 saturated carbocycles. The summed E-state index contributed by atoms with van der Waals surface area (Å²) in [5, 5.41) is 2.92. The van der Waals surface area contributed by atoms with Crippen molar-refractivity contribution in [3.63, 3.8) is 0 Å². The minimum Gasteiger partial charge on any atom is -0.352 e. The van der Waals surface area contributed by atoms with Crippen molar-refractivity contribution in [2.75, 3.05) is 19.6 Å². The van der Waals surface area contributed by atoms with Crippen LogP contribution in [0.1, 0.15) is 24.8 Å². The van der Waals surface area contributed by atoms with Crippen LogP contribution in [0.5, 0.6) is 0 Å². The van der Waals surface area contributed by atoms with Crippen molar-refractivity contribution < 1.29 is 13.6 Å². The Kier molecular flexibility index (Phi) is 7.72. The van der Waals surface area contributed by atoms with E-state index in [0.717, 1.165) is 19.4 Å². The molecular formula is C15H22ClF2N3O. The summed E-state index contributed by atoms with van der Waals surface area (Å²) in [4.78, 5) is 13.5. The molecule has 22 heavy (non-hydrogen) atoms. The molecule has 0 radical (unpaired) electrons. The van der Waals surface area contributed by atoms with E-state index in [1.165, 1.54) is 18.2 Å². The number of halogens is 3. The van der Waals surface area contributed by atoms with Crippen molar-refractivity contribution in [2.45, 2.75) is 31.8 Å². The van der Waals surface area contributed by atoms with Gasteiger partial charge in [-0.15, -0.1) is 12.4 Å². The topological polar surface area (TPSA) is 58.4 Å². The van der Waals surface area contributed by atoms with Gasteiger partial charge in [0.1, 0.15) is 11.6 Å². The highest BCUT2D eigenvalue weighted by Gasteiger charge is 2.22. The monoisotopic (exact) mass is 333 g/mol. The molecule has 1 unspecified atom stereocenters. The van der Waals surface area contributed by atoms with Gasteiger partial charge in [-0.2, -0.15) is 0 Å². The quantitative estimate of drug-likeness (QED) is 0.864. The van der Waals surface area contributed by atoms with Crippen LogP contribution in [-0.2, 0) is 11.3 Å². The maximum Gasteiger partial charge on any atom is 0.221 e. The molecule has 1 aromatic rings. The maximum atomic E-state index is 13.7. The highest BCUT2D eigenvalue weighted by molar-refractivity contribution is 5.85. The molecule has 4 nitrogen and oxygen atoms in total. The van der Waals surface area contributed by atoms with Crippen LogP contribution in [0.2, 0.25) is 0 Å². The summed E-state index contributed by atoms with van der Waals surface area (Å²) in [6.07, 6.45) is 2.08. The normalized spacial score (nSPS) is 18.6. The molecule has 1 atom stereocenters. The number of hydrogen-bond donors (Lipinski definition) is 2. The number of carbonyl (C=O) groups excluding carboxylic acids is 1. The Balaban J connectivity index is 0.00000242. The van der Waals surface area contributed by atoms with E-state index in [9.17, 15) is 13.6 Å². The number of carbonyl (C=O) groups is 1. The van der Waals surface area contributed by atoms with Crippen LogP contribution in [0, 0.1) is 11.6 Å². The Morgan fingerprint density at radius 1 is 1.36 bits per heavy atom. The number of likely N-dealkylation sites (tertiary alicyclic amines) is 1. The molecule has 124 valence electrons. The van der Waals surface area contributed by atoms with E-state index in [0.29, 0.717) is 19.5 Å². The highest BCUT2D eigenvalue weighted by Crippen LogP contribution is 2.18. The van der Waals surface area contributed by atoms with E-state index in [2.05, 4.69) is 5.32 Å². The molecule has 0 spiro atoms. The minimum absolute atomic E-state index is 0. The van der Waals surface area contributed by atoms with Crippen molar-refractivity contribution in [3.05, 3.63) is 35.4 Å². The van der Waals surface area contributed by atoms with Gasteiger partial charge in [0.05, 0.1) is 0 Å². The predicted molar refractivity (Wildman–Crippen MR) is 83.7 cm³/mol. The van der Waals surface area contributed by atoms with Crippen molar-refractivity contribution in [2.24, 2.45) is 5.73 Å². The molecule has 1 aromatic carbocycles. The van der Waals surface area contributed by atoms with E-state index in [4.69, 9.17) is 5.73 Å². The van der Waals surface area contributed by atoms with Gasteiger partial charge in [-0.1, -0.05) is 6.07 Å². The van der Waals surface area contributed by atoms with E-state index in [1.807, 2.05) is 4.90 Å². The zero-order valence-electron chi connectivity index (χ0n) is 12.4. The van der Waals surface area contributed by atoms with Crippen LogP contribution in [0.4, 0.5) is 8.78 Å². The SMILES string of the molecule is Cl.NCCC(=O)NC1CCCN(Cc2c(F)cccc2F)C1. The zero-order valence-corrected chi connectivity index (χ0v) is 13.2. The fraction of sp³-hybridized carbons (Fsp3) is 0.533. The van der Waals surface area contributed by atoms with Crippen LogP contribution >= 0.6 is 12.4 Å². The van der Waals surface area contributed by atoms with E-state index in [-0.39, 0.29) is 36.5 Å². The highest BCUT2D eigenvalue weighted by atomic mass is 35.5. The first-order chi connectivity index (χ1) is 10.1. The summed E-state index contributed by atoms with van der Waals surface area (Å²) in [6, 6.07) is 3.92. The van der Waals surface area contributed by atoms with Gasteiger partial charge in [0.2, 0.25) is 5.91 Å². The summed E-state index contributed by atoms with van der Waals surface area (Å²) in [7, 11) is 0. The van der Waals surface area contributed by atoms with E-state index < -0.39 is 11.6 Å². The summed E-state index contributed by atoms with van der Waals surface area (Å²) < 4.78 is 27.3. The summed E-state index contributed by atoms with van der Waals surface area (Å²) in [6.45, 7) is 1.92. The molecule has 1 saturated heterocycles. The molecule has 1 fully saturated rings.